The molecule has 174 valence electrons. The second kappa shape index (κ2) is 9.84. The van der Waals surface area contributed by atoms with Crippen LogP contribution in [0.4, 0.5) is 0 Å². The highest BCUT2D eigenvalue weighted by Gasteiger charge is 2.67. The van der Waals surface area contributed by atoms with Gasteiger partial charge < -0.3 is 9.47 Å². The number of thiazole rings is 1. The van der Waals surface area contributed by atoms with Crippen LogP contribution in [-0.2, 0) is 14.3 Å². The first kappa shape index (κ1) is 24.6. The average molecular weight is 448 g/mol. The standard InChI is InChI=1S/C26H41NO3S/c1-19(17-21-18-31-20(2)27-21)25(5)24(3,4)26(6)23(30-26)15-10-8-7-9-13-22(28)14-11-12-16-29-25/h17-18,23H,7-16H2,1-6H3. The van der Waals surface area contributed by atoms with Crippen LogP contribution in [0.5, 0.6) is 0 Å². The normalized spacial score (nSPS) is 33.7. The molecule has 0 spiro atoms. The highest BCUT2D eigenvalue weighted by Crippen LogP contribution is 2.59. The van der Waals surface area contributed by atoms with Gasteiger partial charge in [0.1, 0.15) is 11.4 Å². The topological polar surface area (TPSA) is 51.7 Å². The highest BCUT2D eigenvalue weighted by atomic mass is 32.1. The molecule has 2 aliphatic rings. The van der Waals surface area contributed by atoms with E-state index in [0.29, 0.717) is 18.8 Å². The summed E-state index contributed by atoms with van der Waals surface area (Å²) in [5.41, 5.74) is 1.26. The van der Waals surface area contributed by atoms with E-state index < -0.39 is 5.60 Å². The molecule has 4 nitrogen and oxygen atoms in total. The van der Waals surface area contributed by atoms with Gasteiger partial charge in [0.05, 0.1) is 22.4 Å². The van der Waals surface area contributed by atoms with E-state index in [9.17, 15) is 4.79 Å². The second-order valence-corrected chi connectivity index (χ2v) is 11.3. The third-order valence-corrected chi connectivity index (χ3v) is 8.84. The molecule has 2 fully saturated rings. The predicted octanol–water partition coefficient (Wildman–Crippen LogP) is 6.91. The van der Waals surface area contributed by atoms with Crippen molar-refractivity contribution in [2.24, 2.45) is 5.41 Å². The summed E-state index contributed by atoms with van der Waals surface area (Å²) < 4.78 is 13.1. The second-order valence-electron chi connectivity index (χ2n) is 10.3. The molecule has 0 aromatic carbocycles. The first-order valence-corrected chi connectivity index (χ1v) is 12.9. The molecule has 0 saturated carbocycles. The number of nitrogens with zero attached hydrogens (tertiary/aromatic N) is 1. The first-order chi connectivity index (χ1) is 14.6. The molecule has 0 amide bonds. The molecular weight excluding hydrogens is 406 g/mol. The fourth-order valence-electron chi connectivity index (χ4n) is 5.04. The molecule has 0 bridgehead atoms. The van der Waals surface area contributed by atoms with E-state index >= 15 is 0 Å². The minimum atomic E-state index is -0.491. The number of rotatable bonds is 2. The number of fused-ring (bicyclic) bond motifs is 1. The zero-order valence-electron chi connectivity index (χ0n) is 20.4. The number of carbonyl (C=O) groups is 1. The largest absolute Gasteiger partial charge is 0.370 e. The van der Waals surface area contributed by atoms with Crippen molar-refractivity contribution in [3.8, 4) is 0 Å². The molecule has 1 aromatic rings. The van der Waals surface area contributed by atoms with Crippen LogP contribution in [0.1, 0.15) is 103 Å². The highest BCUT2D eigenvalue weighted by molar-refractivity contribution is 7.09. The maximum absolute atomic E-state index is 12.1. The summed E-state index contributed by atoms with van der Waals surface area (Å²) in [6.07, 6.45) is 11.3. The van der Waals surface area contributed by atoms with E-state index in [2.05, 4.69) is 51.1 Å². The van der Waals surface area contributed by atoms with Crippen LogP contribution < -0.4 is 0 Å². The Morgan fingerprint density at radius 1 is 1.10 bits per heavy atom. The molecular formula is C26H41NO3S. The van der Waals surface area contributed by atoms with Crippen molar-refractivity contribution in [3.63, 3.8) is 0 Å². The predicted molar refractivity (Wildman–Crippen MR) is 128 cm³/mol. The molecule has 3 atom stereocenters. The van der Waals surface area contributed by atoms with Gasteiger partial charge in [-0.3, -0.25) is 4.79 Å². The lowest BCUT2D eigenvalue weighted by Gasteiger charge is -2.48. The van der Waals surface area contributed by atoms with Crippen LogP contribution in [-0.4, -0.2) is 34.7 Å². The van der Waals surface area contributed by atoms with Crippen molar-refractivity contribution >= 4 is 23.2 Å². The van der Waals surface area contributed by atoms with Gasteiger partial charge in [0.25, 0.3) is 0 Å². The van der Waals surface area contributed by atoms with Gasteiger partial charge in [-0.2, -0.15) is 0 Å². The Kier molecular flexibility index (Phi) is 7.81. The lowest BCUT2D eigenvalue weighted by atomic mass is 9.63. The number of Topliss-reactive ketones (excluding diaryl/α,β-unsaturated/α-hetero) is 1. The molecule has 2 saturated heterocycles. The van der Waals surface area contributed by atoms with E-state index in [4.69, 9.17) is 9.47 Å². The fourth-order valence-corrected chi connectivity index (χ4v) is 5.61. The smallest absolute Gasteiger partial charge is 0.132 e. The molecule has 3 unspecified atom stereocenters. The van der Waals surface area contributed by atoms with Crippen molar-refractivity contribution in [2.75, 3.05) is 6.61 Å². The van der Waals surface area contributed by atoms with Gasteiger partial charge in [0.2, 0.25) is 0 Å². The Balaban J connectivity index is 1.85. The van der Waals surface area contributed by atoms with Crippen LogP contribution >= 0.6 is 11.3 Å². The summed E-state index contributed by atoms with van der Waals surface area (Å²) in [7, 11) is 0. The molecule has 31 heavy (non-hydrogen) atoms. The number of hydrogen-bond donors (Lipinski definition) is 0. The van der Waals surface area contributed by atoms with E-state index in [1.54, 1.807) is 11.3 Å². The minimum Gasteiger partial charge on any atom is -0.370 e. The van der Waals surface area contributed by atoms with Crippen molar-refractivity contribution in [3.05, 3.63) is 21.7 Å². The van der Waals surface area contributed by atoms with Gasteiger partial charge in [-0.1, -0.05) is 33.1 Å². The van der Waals surface area contributed by atoms with Crippen LogP contribution in [0.25, 0.3) is 6.08 Å². The van der Waals surface area contributed by atoms with Gasteiger partial charge in [0, 0.05) is 30.2 Å². The molecule has 3 heterocycles. The van der Waals surface area contributed by atoms with Gasteiger partial charge in [-0.15, -0.1) is 11.3 Å². The van der Waals surface area contributed by atoms with Gasteiger partial charge in [0.15, 0.2) is 0 Å². The van der Waals surface area contributed by atoms with Gasteiger partial charge >= 0.3 is 0 Å². The minimum absolute atomic E-state index is 0.206. The van der Waals surface area contributed by atoms with E-state index in [1.807, 2.05) is 6.92 Å². The average Bonchev–Trinajstić information content (AvgIpc) is 3.21. The number of hydrogen-bond acceptors (Lipinski definition) is 5. The van der Waals surface area contributed by atoms with Gasteiger partial charge in [-0.05, 0) is 65.0 Å². The lowest BCUT2D eigenvalue weighted by Crippen LogP contribution is -2.54. The van der Waals surface area contributed by atoms with Crippen molar-refractivity contribution < 1.29 is 14.3 Å². The summed E-state index contributed by atoms with van der Waals surface area (Å²) in [6, 6.07) is 0. The molecule has 3 rings (SSSR count). The number of carbonyl (C=O) groups excluding carboxylic acids is 1. The summed E-state index contributed by atoms with van der Waals surface area (Å²) in [4.78, 5) is 16.8. The number of aromatic nitrogens is 1. The molecule has 0 radical (unpaired) electrons. The fraction of sp³-hybridized carbons (Fsp3) is 0.769. The van der Waals surface area contributed by atoms with E-state index in [1.165, 1.54) is 12.0 Å². The molecule has 0 aliphatic carbocycles. The Labute approximate surface area is 192 Å². The SMILES string of the molecule is CC(=Cc1csc(C)n1)C1(C)OCCCCC(=O)CCCCCCC2OC2(C)C1(C)C. The summed E-state index contributed by atoms with van der Waals surface area (Å²) in [5.74, 6) is 0.406. The molecule has 5 heteroatoms. The van der Waals surface area contributed by atoms with Crippen molar-refractivity contribution in [2.45, 2.75) is 117 Å². The van der Waals surface area contributed by atoms with Crippen molar-refractivity contribution in [1.82, 2.24) is 4.98 Å². The Hall–Kier alpha value is -1.04. The molecule has 0 N–H and O–H groups in total. The third-order valence-electron chi connectivity index (χ3n) is 8.04. The maximum atomic E-state index is 12.1. The quantitative estimate of drug-likeness (QED) is 0.462. The van der Waals surface area contributed by atoms with Gasteiger partial charge in [-0.25, -0.2) is 4.98 Å². The van der Waals surface area contributed by atoms with Crippen LogP contribution in [0.3, 0.4) is 0 Å². The third kappa shape index (κ3) is 5.31. The number of epoxide rings is 1. The summed E-state index contributed by atoms with van der Waals surface area (Å²) in [5, 5.41) is 3.18. The first-order valence-electron chi connectivity index (χ1n) is 12.0. The lowest BCUT2D eigenvalue weighted by molar-refractivity contribution is -0.120. The van der Waals surface area contributed by atoms with Crippen LogP contribution in [0.2, 0.25) is 0 Å². The van der Waals surface area contributed by atoms with Crippen molar-refractivity contribution in [1.29, 1.82) is 0 Å². The van der Waals surface area contributed by atoms with E-state index in [0.717, 1.165) is 55.6 Å². The van der Waals surface area contributed by atoms with E-state index in [-0.39, 0.29) is 17.1 Å². The number of ketones is 1. The monoisotopic (exact) mass is 447 g/mol. The zero-order valence-corrected chi connectivity index (χ0v) is 21.2. The summed E-state index contributed by atoms with van der Waals surface area (Å²) in [6.45, 7) is 13.9. The Bertz CT molecular complexity index is 798. The Morgan fingerprint density at radius 3 is 2.45 bits per heavy atom. The summed E-state index contributed by atoms with van der Waals surface area (Å²) >= 11 is 1.67. The Morgan fingerprint density at radius 2 is 1.77 bits per heavy atom. The maximum Gasteiger partial charge on any atom is 0.132 e. The number of aryl methyl sites for hydroxylation is 1. The zero-order chi connectivity index (χ0) is 22.7. The number of ether oxygens (including phenoxy) is 2. The molecule has 2 aliphatic heterocycles. The van der Waals surface area contributed by atoms with Crippen LogP contribution in [0, 0.1) is 12.3 Å². The van der Waals surface area contributed by atoms with Crippen LogP contribution in [0.15, 0.2) is 11.0 Å². The molecule has 1 aromatic heterocycles.